The van der Waals surface area contributed by atoms with Crippen molar-refractivity contribution in [1.82, 2.24) is 4.90 Å². The van der Waals surface area contributed by atoms with Crippen LogP contribution in [0.4, 0.5) is 0 Å². The number of carbonyl (C=O) groups excluding carboxylic acids is 2. The van der Waals surface area contributed by atoms with Crippen LogP contribution in [0, 0.1) is 11.8 Å². The number of likely N-dealkylation sites (tertiary alicyclic amines) is 1. The molecule has 0 aliphatic carbocycles. The number of amides is 1. The number of rotatable bonds is 13. The highest BCUT2D eigenvalue weighted by molar-refractivity contribution is 6.27. The average Bonchev–Trinajstić information content (AvgIpc) is 3.12. The first-order valence-corrected chi connectivity index (χ1v) is 14.2. The molecule has 0 aromatic carbocycles. The van der Waals surface area contributed by atoms with Gasteiger partial charge in [-0.2, -0.15) is 0 Å². The number of hydrogen-bond acceptors (Lipinski definition) is 8. The summed E-state index contributed by atoms with van der Waals surface area (Å²) in [5, 5.41) is 39.1. The van der Waals surface area contributed by atoms with Gasteiger partial charge in [-0.3, -0.25) is 14.4 Å². The number of carboxylic acids is 1. The van der Waals surface area contributed by atoms with Crippen LogP contribution >= 0.6 is 0 Å². The topological polar surface area (TPSA) is 154 Å². The van der Waals surface area contributed by atoms with Gasteiger partial charge in [-0.15, -0.1) is 0 Å². The zero-order valence-electron chi connectivity index (χ0n) is 25.2. The summed E-state index contributed by atoms with van der Waals surface area (Å²) in [7, 11) is 1.41. The number of ether oxygens (including phenoxy) is 2. The quantitative estimate of drug-likeness (QED) is 0.109. The highest BCUT2D eigenvalue weighted by Crippen LogP contribution is 2.28. The fourth-order valence-corrected chi connectivity index (χ4v) is 5.02. The van der Waals surface area contributed by atoms with Crippen LogP contribution in [0.3, 0.4) is 0 Å². The standard InChI is InChI=1S/C32H45NO9/c1-19(2)31(42-27-18-25(35)29(38)22(5)41-27)21(4)17-20(3)13-11-9-7-8-10-12-14-24(34)28-30(39)23(15-16-26(36)37)33(6)32(28)40/h7-14,17,19,21-23,25,27,29,31,34-35,38H,15-16,18H2,1-6H3,(H,36,37)/b9-7+,10-8+,13-11+,14-12+,20-17+,28-24+/t21-,22+,23-,25-,27-,29+,31-/m0/s1. The Labute approximate surface area is 248 Å². The van der Waals surface area contributed by atoms with Gasteiger partial charge < -0.3 is 34.8 Å². The summed E-state index contributed by atoms with van der Waals surface area (Å²) in [6.45, 7) is 9.91. The van der Waals surface area contributed by atoms with Crippen LogP contribution in [0.1, 0.15) is 53.9 Å². The van der Waals surface area contributed by atoms with Gasteiger partial charge in [0, 0.05) is 25.8 Å². The van der Waals surface area contributed by atoms with E-state index in [0.29, 0.717) is 0 Å². The zero-order chi connectivity index (χ0) is 31.6. The van der Waals surface area contributed by atoms with Crippen molar-refractivity contribution < 1.29 is 44.3 Å². The molecule has 2 aliphatic rings. The fraction of sp³-hybridized carbons (Fsp3) is 0.531. The van der Waals surface area contributed by atoms with Crippen molar-refractivity contribution in [1.29, 1.82) is 0 Å². The first-order valence-electron chi connectivity index (χ1n) is 14.2. The first-order chi connectivity index (χ1) is 19.7. The molecule has 0 spiro atoms. The van der Waals surface area contributed by atoms with E-state index in [4.69, 9.17) is 14.6 Å². The second-order valence-electron chi connectivity index (χ2n) is 11.2. The number of aliphatic hydroxyl groups excluding tert-OH is 3. The Balaban J connectivity index is 1.92. The summed E-state index contributed by atoms with van der Waals surface area (Å²) in [6.07, 6.45) is 12.6. The third-order valence-corrected chi connectivity index (χ3v) is 7.29. The van der Waals surface area contributed by atoms with Crippen LogP contribution in [0.25, 0.3) is 0 Å². The Hall–Kier alpha value is -3.31. The van der Waals surface area contributed by atoms with Gasteiger partial charge in [0.25, 0.3) is 5.91 Å². The molecule has 4 N–H and O–H groups in total. The van der Waals surface area contributed by atoms with Gasteiger partial charge in [-0.1, -0.05) is 75.0 Å². The van der Waals surface area contributed by atoms with Crippen molar-refractivity contribution in [3.05, 3.63) is 71.6 Å². The largest absolute Gasteiger partial charge is 0.507 e. The molecule has 0 saturated carbocycles. The summed E-state index contributed by atoms with van der Waals surface area (Å²) < 4.78 is 11.9. The van der Waals surface area contributed by atoms with Crippen molar-refractivity contribution in [3.63, 3.8) is 0 Å². The monoisotopic (exact) mass is 587 g/mol. The Morgan fingerprint density at radius 3 is 2.21 bits per heavy atom. The number of carboxylic acid groups (broad SMARTS) is 1. The van der Waals surface area contributed by atoms with E-state index in [1.54, 1.807) is 25.2 Å². The number of allylic oxidation sites excluding steroid dienone is 9. The number of aliphatic carboxylic acids is 1. The van der Waals surface area contributed by atoms with Crippen molar-refractivity contribution in [2.24, 2.45) is 11.8 Å². The third-order valence-electron chi connectivity index (χ3n) is 7.29. The Bertz CT molecular complexity index is 1130. The van der Waals surface area contributed by atoms with E-state index in [1.165, 1.54) is 19.2 Å². The molecule has 7 atom stereocenters. The van der Waals surface area contributed by atoms with Crippen LogP contribution in [0.5, 0.6) is 0 Å². The summed E-state index contributed by atoms with van der Waals surface area (Å²) in [5.41, 5.74) is 0.697. The first kappa shape index (κ1) is 34.9. The van der Waals surface area contributed by atoms with Gasteiger partial charge in [-0.25, -0.2) is 0 Å². The molecule has 1 amide bonds. The highest BCUT2D eigenvalue weighted by atomic mass is 16.7. The van der Waals surface area contributed by atoms with Crippen molar-refractivity contribution in [3.8, 4) is 0 Å². The van der Waals surface area contributed by atoms with Crippen LogP contribution in [-0.4, -0.2) is 86.8 Å². The molecule has 0 aromatic rings. The van der Waals surface area contributed by atoms with Gasteiger partial charge in [0.2, 0.25) is 0 Å². The normalized spacial score (nSPS) is 28.7. The molecule has 2 rings (SSSR count). The SMILES string of the molecule is CC(/C=C/C=C/C=C/C=C/C(O)=C1/C(=O)[C@H](CCC(=O)O)N(C)C1=O)=C\[C@H](C)[C@@H](O[C@H]1C[C@H](O)[C@H](O)[C@@H](C)O1)C(C)C. The number of ketones is 1. The highest BCUT2D eigenvalue weighted by Gasteiger charge is 2.42. The molecule has 0 aromatic heterocycles. The second-order valence-corrected chi connectivity index (χ2v) is 11.2. The van der Waals surface area contributed by atoms with E-state index in [0.717, 1.165) is 10.5 Å². The average molecular weight is 588 g/mol. The van der Waals surface area contributed by atoms with Gasteiger partial charge in [0.1, 0.15) is 17.4 Å². The van der Waals surface area contributed by atoms with E-state index >= 15 is 0 Å². The summed E-state index contributed by atoms with van der Waals surface area (Å²) >= 11 is 0. The maximum Gasteiger partial charge on any atom is 0.303 e. The molecule has 10 heteroatoms. The number of carbonyl (C=O) groups is 3. The molecular weight excluding hydrogens is 542 g/mol. The molecular formula is C32H45NO9. The fourth-order valence-electron chi connectivity index (χ4n) is 5.02. The zero-order valence-corrected chi connectivity index (χ0v) is 25.2. The minimum absolute atomic E-state index is 0.0136. The molecule has 0 unspecified atom stereocenters. The molecule has 2 saturated heterocycles. The Morgan fingerprint density at radius 2 is 1.64 bits per heavy atom. The molecule has 0 bridgehead atoms. The van der Waals surface area contributed by atoms with Crippen LogP contribution in [0.2, 0.25) is 0 Å². The van der Waals surface area contributed by atoms with E-state index < -0.39 is 54.1 Å². The summed E-state index contributed by atoms with van der Waals surface area (Å²) in [4.78, 5) is 36.9. The summed E-state index contributed by atoms with van der Waals surface area (Å²) in [5.74, 6) is -2.47. The van der Waals surface area contributed by atoms with Gasteiger partial charge in [0.15, 0.2) is 12.1 Å². The van der Waals surface area contributed by atoms with Crippen LogP contribution < -0.4 is 0 Å². The number of aliphatic hydroxyl groups is 3. The number of Topliss-reactive ketones (excluding diaryl/α,β-unsaturated/α-hetero) is 1. The molecule has 10 nitrogen and oxygen atoms in total. The van der Waals surface area contributed by atoms with Gasteiger partial charge in [-0.05, 0) is 32.3 Å². The van der Waals surface area contributed by atoms with Crippen molar-refractivity contribution >= 4 is 17.7 Å². The van der Waals surface area contributed by atoms with Crippen molar-refractivity contribution in [2.45, 2.75) is 90.6 Å². The number of hydrogen-bond donors (Lipinski definition) is 4. The summed E-state index contributed by atoms with van der Waals surface area (Å²) in [6, 6.07) is -0.896. The van der Waals surface area contributed by atoms with E-state index in [1.807, 2.05) is 25.2 Å². The lowest BCUT2D eigenvalue weighted by Crippen LogP contribution is -2.49. The minimum atomic E-state index is -1.06. The maximum atomic E-state index is 12.5. The second kappa shape index (κ2) is 16.4. The minimum Gasteiger partial charge on any atom is -0.507 e. The Kier molecular flexibility index (Phi) is 13.6. The number of nitrogens with zero attached hydrogens (tertiary/aromatic N) is 1. The van der Waals surface area contributed by atoms with Crippen LogP contribution in [0.15, 0.2) is 71.6 Å². The lowest BCUT2D eigenvalue weighted by Gasteiger charge is -2.38. The molecule has 42 heavy (non-hydrogen) atoms. The molecule has 2 fully saturated rings. The van der Waals surface area contributed by atoms with Crippen LogP contribution in [-0.2, 0) is 23.9 Å². The Morgan fingerprint density at radius 1 is 1.05 bits per heavy atom. The lowest BCUT2D eigenvalue weighted by atomic mass is 9.92. The van der Waals surface area contributed by atoms with Gasteiger partial charge >= 0.3 is 5.97 Å². The molecule has 232 valence electrons. The molecule has 2 aliphatic heterocycles. The van der Waals surface area contributed by atoms with Crippen molar-refractivity contribution in [2.75, 3.05) is 7.05 Å². The molecule has 0 radical (unpaired) electrons. The molecule has 2 heterocycles. The predicted molar refractivity (Wildman–Crippen MR) is 158 cm³/mol. The number of likely N-dealkylation sites (N-methyl/N-ethyl adjacent to an activating group) is 1. The smallest absolute Gasteiger partial charge is 0.303 e. The van der Waals surface area contributed by atoms with E-state index in [9.17, 15) is 29.7 Å². The van der Waals surface area contributed by atoms with Gasteiger partial charge in [0.05, 0.1) is 24.4 Å². The third kappa shape index (κ3) is 9.90. The van der Waals surface area contributed by atoms with E-state index in [2.05, 4.69) is 26.8 Å². The lowest BCUT2D eigenvalue weighted by molar-refractivity contribution is -0.267. The maximum absolute atomic E-state index is 12.5. The predicted octanol–water partition coefficient (Wildman–Crippen LogP) is 3.78. The van der Waals surface area contributed by atoms with E-state index in [-0.39, 0.29) is 42.8 Å².